The molecule has 0 aromatic heterocycles. The number of benzene rings is 1. The van der Waals surface area contributed by atoms with Crippen LogP contribution in [0.5, 0.6) is 0 Å². The summed E-state index contributed by atoms with van der Waals surface area (Å²) in [7, 11) is 0. The van der Waals surface area contributed by atoms with Crippen LogP contribution >= 0.6 is 0 Å². The second kappa shape index (κ2) is 14.3. The third-order valence-corrected chi connectivity index (χ3v) is 21.0. The molecule has 2 nitrogen and oxygen atoms in total. The van der Waals surface area contributed by atoms with E-state index in [4.69, 9.17) is 0 Å². The van der Waals surface area contributed by atoms with E-state index in [1.54, 1.807) is 0 Å². The predicted octanol–water partition coefficient (Wildman–Crippen LogP) is 7.72. The molecule has 0 saturated carbocycles. The van der Waals surface area contributed by atoms with Crippen LogP contribution in [0.2, 0.25) is 13.3 Å². The molecule has 0 aliphatic carbocycles. The van der Waals surface area contributed by atoms with Crippen molar-refractivity contribution in [3.8, 4) is 0 Å². The normalized spacial score (nSPS) is 17.7. The van der Waals surface area contributed by atoms with E-state index in [1.807, 2.05) is 13.0 Å². The summed E-state index contributed by atoms with van der Waals surface area (Å²) in [4.78, 5) is 14.9. The number of carbonyl (C=O) groups is 1. The number of allylic oxidation sites excluding steroid dienone is 1. The van der Waals surface area contributed by atoms with Crippen LogP contribution in [-0.4, -0.2) is 42.1 Å². The minimum absolute atomic E-state index is 0.277. The van der Waals surface area contributed by atoms with Crippen LogP contribution in [-0.2, 0) is 11.3 Å². The van der Waals surface area contributed by atoms with Gasteiger partial charge in [-0.1, -0.05) is 0 Å². The van der Waals surface area contributed by atoms with Crippen LogP contribution in [0.3, 0.4) is 0 Å². The van der Waals surface area contributed by atoms with Crippen molar-refractivity contribution in [3.05, 3.63) is 57.2 Å². The van der Waals surface area contributed by atoms with Crippen LogP contribution in [0.15, 0.2) is 51.6 Å². The minimum atomic E-state index is -2.40. The monoisotopic (exact) mass is 531 g/mol. The summed E-state index contributed by atoms with van der Waals surface area (Å²) < 4.78 is 7.31. The van der Waals surface area contributed by atoms with Gasteiger partial charge in [-0.15, -0.1) is 0 Å². The van der Waals surface area contributed by atoms with Crippen molar-refractivity contribution in [1.29, 1.82) is 0 Å². The number of carbonyl (C=O) groups excluding carboxylic acids is 1. The molecule has 1 heterocycles. The second-order valence-corrected chi connectivity index (χ2v) is 22.3. The molecule has 0 N–H and O–H groups in total. The van der Waals surface area contributed by atoms with Crippen LogP contribution in [0.1, 0.15) is 78.2 Å². The van der Waals surface area contributed by atoms with Gasteiger partial charge in [-0.25, -0.2) is 0 Å². The van der Waals surface area contributed by atoms with E-state index in [9.17, 15) is 4.79 Å². The van der Waals surface area contributed by atoms with Crippen LogP contribution < -0.4 is 0 Å². The van der Waals surface area contributed by atoms with Gasteiger partial charge >= 0.3 is 197 Å². The van der Waals surface area contributed by atoms with Gasteiger partial charge in [-0.05, 0) is 0 Å². The molecule has 0 spiro atoms. The molecular weight excluding hydrogens is 485 g/mol. The Morgan fingerprint density at radius 1 is 0.871 bits per heavy atom. The molecule has 1 aromatic rings. The van der Waals surface area contributed by atoms with Crippen molar-refractivity contribution >= 4 is 24.2 Å². The molecule has 1 saturated heterocycles. The Kier molecular flexibility index (Phi) is 12.2. The van der Waals surface area contributed by atoms with Crippen molar-refractivity contribution in [2.45, 2.75) is 92.5 Å². The van der Waals surface area contributed by atoms with E-state index in [-0.39, 0.29) is 5.78 Å². The fraction of sp³-hybridized carbons (Fsp3) is 0.607. The Labute approximate surface area is 196 Å². The first-order valence-corrected chi connectivity index (χ1v) is 20.5. The fourth-order valence-corrected chi connectivity index (χ4v) is 20.1. The Bertz CT molecular complexity index is 700. The number of ketones is 1. The zero-order valence-corrected chi connectivity index (χ0v) is 23.4. The van der Waals surface area contributed by atoms with E-state index < -0.39 is 18.4 Å². The third-order valence-electron chi connectivity index (χ3n) is 6.70. The molecule has 1 fully saturated rings. The summed E-state index contributed by atoms with van der Waals surface area (Å²) in [5.74, 6) is 0.277. The maximum atomic E-state index is 12.4. The molecular formula is C28H45NOSn. The summed E-state index contributed by atoms with van der Waals surface area (Å²) in [5.41, 5.74) is 4.19. The number of likely N-dealkylation sites (tertiary alicyclic amines) is 1. The maximum absolute atomic E-state index is 12.4. The standard InChI is InChI=1S/C16H18NO.3C4H9.Sn/c1-3-16(18)9-15-12-17(10-13(15)2)11-14-7-5-4-6-8-14;3*1-3-4-2;/h2,4-9H,3,10-12H2,1H3;3*1,3-4H2,2H3;/b13-2?,15-9+;;;;. The number of rotatable bonds is 14. The van der Waals surface area contributed by atoms with Gasteiger partial charge in [0.25, 0.3) is 0 Å². The van der Waals surface area contributed by atoms with E-state index in [2.05, 4.69) is 60.1 Å². The van der Waals surface area contributed by atoms with Gasteiger partial charge in [0, 0.05) is 0 Å². The first-order valence-electron chi connectivity index (χ1n) is 12.8. The molecule has 3 heteroatoms. The first-order chi connectivity index (χ1) is 15.1. The molecule has 1 aliphatic heterocycles. The topological polar surface area (TPSA) is 20.3 Å². The van der Waals surface area contributed by atoms with Gasteiger partial charge in [-0.3, -0.25) is 0 Å². The number of hydrogen-bond acceptors (Lipinski definition) is 2. The van der Waals surface area contributed by atoms with Crippen molar-refractivity contribution in [1.82, 2.24) is 4.90 Å². The molecule has 31 heavy (non-hydrogen) atoms. The SMILES string of the molecule is CCC[CH2][Sn](/[CH]=C1/CN(Cc2ccccc2)C/C1=C\C(=O)CC)([CH2]CCC)[CH2]CCC. The van der Waals surface area contributed by atoms with Gasteiger partial charge in [-0.2, -0.15) is 0 Å². The van der Waals surface area contributed by atoms with Crippen LogP contribution in [0.25, 0.3) is 0 Å². The van der Waals surface area contributed by atoms with Crippen molar-refractivity contribution in [2.75, 3.05) is 13.1 Å². The third kappa shape index (κ3) is 8.88. The summed E-state index contributed by atoms with van der Waals surface area (Å²) in [5, 5.41) is 0. The number of nitrogens with zero attached hydrogens (tertiary/aromatic N) is 1. The summed E-state index contributed by atoms with van der Waals surface area (Å²) in [6.45, 7) is 11.9. The van der Waals surface area contributed by atoms with Gasteiger partial charge in [0.1, 0.15) is 0 Å². The average Bonchev–Trinajstić information content (AvgIpc) is 3.15. The molecule has 1 aromatic carbocycles. The summed E-state index contributed by atoms with van der Waals surface area (Å²) >= 11 is -2.40. The van der Waals surface area contributed by atoms with E-state index in [0.29, 0.717) is 6.42 Å². The average molecular weight is 530 g/mol. The van der Waals surface area contributed by atoms with Gasteiger partial charge in [0.05, 0.1) is 0 Å². The molecule has 0 unspecified atom stereocenters. The Hall–Kier alpha value is -0.871. The molecule has 1 aliphatic rings. The zero-order valence-electron chi connectivity index (χ0n) is 20.6. The zero-order chi connectivity index (χ0) is 22.5. The Morgan fingerprint density at radius 2 is 1.42 bits per heavy atom. The molecule has 0 radical (unpaired) electrons. The van der Waals surface area contributed by atoms with E-state index >= 15 is 0 Å². The van der Waals surface area contributed by atoms with Crippen LogP contribution in [0, 0.1) is 0 Å². The van der Waals surface area contributed by atoms with Crippen LogP contribution in [0.4, 0.5) is 0 Å². The van der Waals surface area contributed by atoms with Crippen molar-refractivity contribution in [2.24, 2.45) is 0 Å². The Balaban J connectivity index is 2.36. The molecule has 2 rings (SSSR count). The molecule has 0 amide bonds. The van der Waals surface area contributed by atoms with Gasteiger partial charge in [0.2, 0.25) is 0 Å². The summed E-state index contributed by atoms with van der Waals surface area (Å²) in [6, 6.07) is 10.8. The van der Waals surface area contributed by atoms with Crippen molar-refractivity contribution < 1.29 is 4.79 Å². The predicted molar refractivity (Wildman–Crippen MR) is 138 cm³/mol. The first kappa shape index (κ1) is 26.4. The quantitative estimate of drug-likeness (QED) is 0.181. The van der Waals surface area contributed by atoms with E-state index in [1.165, 1.54) is 68.5 Å². The number of unbranched alkanes of at least 4 members (excludes halogenated alkanes) is 3. The molecule has 0 atom stereocenters. The van der Waals surface area contributed by atoms with Crippen molar-refractivity contribution in [3.63, 3.8) is 0 Å². The molecule has 172 valence electrons. The number of hydrogen-bond donors (Lipinski definition) is 0. The Morgan fingerprint density at radius 3 is 1.94 bits per heavy atom. The van der Waals surface area contributed by atoms with Gasteiger partial charge < -0.3 is 0 Å². The summed E-state index contributed by atoms with van der Waals surface area (Å²) in [6.07, 6.45) is 10.6. The molecule has 0 bridgehead atoms. The van der Waals surface area contributed by atoms with E-state index in [0.717, 1.165) is 19.6 Å². The van der Waals surface area contributed by atoms with Gasteiger partial charge in [0.15, 0.2) is 0 Å². The second-order valence-electron chi connectivity index (χ2n) is 9.46. The fourth-order valence-electron chi connectivity index (χ4n) is 4.81.